The van der Waals surface area contributed by atoms with E-state index in [-0.39, 0.29) is 12.0 Å². The van der Waals surface area contributed by atoms with Crippen LogP contribution < -0.4 is 14.8 Å². The van der Waals surface area contributed by atoms with Crippen molar-refractivity contribution in [2.45, 2.75) is 45.9 Å². The van der Waals surface area contributed by atoms with Gasteiger partial charge < -0.3 is 14.8 Å². The van der Waals surface area contributed by atoms with Crippen LogP contribution in [0.4, 0.5) is 0 Å². The van der Waals surface area contributed by atoms with E-state index in [9.17, 15) is 4.79 Å². The predicted molar refractivity (Wildman–Crippen MR) is 95.2 cm³/mol. The van der Waals surface area contributed by atoms with Gasteiger partial charge in [0.05, 0.1) is 6.10 Å². The Labute approximate surface area is 143 Å². The lowest BCUT2D eigenvalue weighted by Gasteiger charge is -2.17. The van der Waals surface area contributed by atoms with Crippen LogP contribution in [0.25, 0.3) is 0 Å². The quantitative estimate of drug-likeness (QED) is 0.798. The molecule has 0 heterocycles. The molecule has 0 fully saturated rings. The zero-order valence-electron chi connectivity index (χ0n) is 14.5. The summed E-state index contributed by atoms with van der Waals surface area (Å²) >= 11 is 0. The van der Waals surface area contributed by atoms with Crippen molar-refractivity contribution in [2.75, 3.05) is 0 Å². The molecule has 0 aromatic heterocycles. The van der Waals surface area contributed by atoms with Crippen LogP contribution in [0, 0.1) is 0 Å². The largest absolute Gasteiger partial charge is 0.491 e. The maximum absolute atomic E-state index is 12.3. The van der Waals surface area contributed by atoms with Gasteiger partial charge in [-0.1, -0.05) is 37.3 Å². The Morgan fingerprint density at radius 1 is 0.958 bits per heavy atom. The third-order valence-corrected chi connectivity index (χ3v) is 3.45. The first-order valence-corrected chi connectivity index (χ1v) is 8.33. The average molecular weight is 327 g/mol. The van der Waals surface area contributed by atoms with E-state index in [1.54, 1.807) is 0 Å². The molecule has 2 aromatic rings. The topological polar surface area (TPSA) is 47.6 Å². The molecule has 1 atom stereocenters. The molecular formula is C20H25NO3. The fraction of sp³-hybridized carbons (Fsp3) is 0.350. The fourth-order valence-electron chi connectivity index (χ4n) is 2.25. The highest BCUT2D eigenvalue weighted by Crippen LogP contribution is 2.15. The van der Waals surface area contributed by atoms with Crippen molar-refractivity contribution in [1.82, 2.24) is 5.32 Å². The van der Waals surface area contributed by atoms with E-state index in [2.05, 4.69) is 5.32 Å². The van der Waals surface area contributed by atoms with Crippen LogP contribution in [-0.4, -0.2) is 18.1 Å². The molecule has 24 heavy (non-hydrogen) atoms. The number of nitrogens with one attached hydrogen (secondary N) is 1. The number of hydrogen-bond acceptors (Lipinski definition) is 3. The molecule has 2 rings (SSSR count). The highest BCUT2D eigenvalue weighted by Gasteiger charge is 2.17. The van der Waals surface area contributed by atoms with E-state index in [4.69, 9.17) is 9.47 Å². The van der Waals surface area contributed by atoms with Gasteiger partial charge in [0.15, 0.2) is 6.10 Å². The standard InChI is InChI=1S/C20H25NO3/c1-4-19(24-17-8-6-5-7-9-17)20(22)21-14-16-10-12-18(13-11-16)23-15(2)3/h5-13,15,19H,4,14H2,1-3H3,(H,21,22)/t19-/m1/s1. The monoisotopic (exact) mass is 327 g/mol. The Morgan fingerprint density at radius 3 is 2.17 bits per heavy atom. The molecule has 1 N–H and O–H groups in total. The molecule has 0 aliphatic rings. The van der Waals surface area contributed by atoms with Gasteiger partial charge in [-0.25, -0.2) is 0 Å². The predicted octanol–water partition coefficient (Wildman–Crippen LogP) is 3.95. The first-order valence-electron chi connectivity index (χ1n) is 8.33. The molecule has 1 amide bonds. The van der Waals surface area contributed by atoms with Crippen molar-refractivity contribution in [3.8, 4) is 11.5 Å². The smallest absolute Gasteiger partial charge is 0.261 e. The molecule has 0 bridgehead atoms. The number of carbonyl (C=O) groups is 1. The summed E-state index contributed by atoms with van der Waals surface area (Å²) in [5.74, 6) is 1.43. The molecule has 0 radical (unpaired) electrons. The normalized spacial score (nSPS) is 11.8. The minimum Gasteiger partial charge on any atom is -0.491 e. The molecule has 2 aromatic carbocycles. The Kier molecular flexibility index (Phi) is 6.67. The fourth-order valence-corrected chi connectivity index (χ4v) is 2.25. The van der Waals surface area contributed by atoms with E-state index in [1.807, 2.05) is 75.4 Å². The lowest BCUT2D eigenvalue weighted by atomic mass is 10.2. The third kappa shape index (κ3) is 5.61. The lowest BCUT2D eigenvalue weighted by molar-refractivity contribution is -0.128. The Bertz CT molecular complexity index is 623. The van der Waals surface area contributed by atoms with Gasteiger partial charge in [0, 0.05) is 6.54 Å². The molecule has 128 valence electrons. The second-order valence-electron chi connectivity index (χ2n) is 5.86. The summed E-state index contributed by atoms with van der Waals surface area (Å²) in [6.45, 7) is 6.39. The van der Waals surface area contributed by atoms with Crippen LogP contribution in [0.15, 0.2) is 54.6 Å². The molecule has 0 saturated carbocycles. The Hall–Kier alpha value is -2.49. The summed E-state index contributed by atoms with van der Waals surface area (Å²) in [6, 6.07) is 17.1. The summed E-state index contributed by atoms with van der Waals surface area (Å²) in [7, 11) is 0. The summed E-state index contributed by atoms with van der Waals surface area (Å²) in [4.78, 5) is 12.3. The molecule has 0 unspecified atom stereocenters. The van der Waals surface area contributed by atoms with Gasteiger partial charge in [0.1, 0.15) is 11.5 Å². The van der Waals surface area contributed by atoms with Gasteiger partial charge in [-0.2, -0.15) is 0 Å². The van der Waals surface area contributed by atoms with Crippen molar-refractivity contribution in [2.24, 2.45) is 0 Å². The number of carbonyl (C=O) groups excluding carboxylic acids is 1. The summed E-state index contributed by atoms with van der Waals surface area (Å²) in [5.41, 5.74) is 1.02. The maximum atomic E-state index is 12.3. The van der Waals surface area contributed by atoms with Crippen molar-refractivity contribution in [1.29, 1.82) is 0 Å². The van der Waals surface area contributed by atoms with E-state index in [0.717, 1.165) is 11.3 Å². The van der Waals surface area contributed by atoms with Crippen LogP contribution >= 0.6 is 0 Å². The second kappa shape index (κ2) is 8.96. The number of hydrogen-bond donors (Lipinski definition) is 1. The lowest BCUT2D eigenvalue weighted by Crippen LogP contribution is -2.37. The van der Waals surface area contributed by atoms with Gasteiger partial charge in [-0.15, -0.1) is 0 Å². The van der Waals surface area contributed by atoms with Crippen molar-refractivity contribution in [3.63, 3.8) is 0 Å². The molecule has 0 aliphatic heterocycles. The van der Waals surface area contributed by atoms with E-state index < -0.39 is 6.10 Å². The highest BCUT2D eigenvalue weighted by molar-refractivity contribution is 5.81. The van der Waals surface area contributed by atoms with E-state index in [1.165, 1.54) is 0 Å². The third-order valence-electron chi connectivity index (χ3n) is 3.45. The van der Waals surface area contributed by atoms with Gasteiger partial charge in [0.2, 0.25) is 0 Å². The van der Waals surface area contributed by atoms with Gasteiger partial charge >= 0.3 is 0 Å². The molecule has 4 nitrogen and oxygen atoms in total. The number of rotatable bonds is 8. The van der Waals surface area contributed by atoms with E-state index >= 15 is 0 Å². The summed E-state index contributed by atoms with van der Waals surface area (Å²) in [6.07, 6.45) is 0.272. The second-order valence-corrected chi connectivity index (χ2v) is 5.86. The summed E-state index contributed by atoms with van der Waals surface area (Å²) in [5, 5.41) is 2.93. The summed E-state index contributed by atoms with van der Waals surface area (Å²) < 4.78 is 11.4. The van der Waals surface area contributed by atoms with Crippen LogP contribution in [0.2, 0.25) is 0 Å². The molecule has 0 spiro atoms. The zero-order chi connectivity index (χ0) is 17.4. The first-order chi connectivity index (χ1) is 11.6. The Balaban J connectivity index is 1.86. The zero-order valence-corrected chi connectivity index (χ0v) is 14.5. The van der Waals surface area contributed by atoms with Crippen LogP contribution in [0.5, 0.6) is 11.5 Å². The van der Waals surface area contributed by atoms with Gasteiger partial charge in [-0.3, -0.25) is 4.79 Å². The molecule has 0 aliphatic carbocycles. The van der Waals surface area contributed by atoms with Crippen LogP contribution in [0.3, 0.4) is 0 Å². The first kappa shape index (κ1) is 17.9. The average Bonchev–Trinajstić information content (AvgIpc) is 2.59. The number of para-hydroxylation sites is 1. The van der Waals surface area contributed by atoms with Gasteiger partial charge in [0.25, 0.3) is 5.91 Å². The van der Waals surface area contributed by atoms with Crippen molar-refractivity contribution in [3.05, 3.63) is 60.2 Å². The molecule has 0 saturated heterocycles. The number of amides is 1. The van der Waals surface area contributed by atoms with Crippen molar-refractivity contribution >= 4 is 5.91 Å². The van der Waals surface area contributed by atoms with Crippen molar-refractivity contribution < 1.29 is 14.3 Å². The van der Waals surface area contributed by atoms with Gasteiger partial charge in [-0.05, 0) is 50.1 Å². The maximum Gasteiger partial charge on any atom is 0.261 e. The minimum atomic E-state index is -0.490. The SMILES string of the molecule is CC[C@@H](Oc1ccccc1)C(=O)NCc1ccc(OC(C)C)cc1. The molecule has 4 heteroatoms. The Morgan fingerprint density at radius 2 is 1.58 bits per heavy atom. The number of benzene rings is 2. The molecular weight excluding hydrogens is 302 g/mol. The van der Waals surface area contributed by atoms with Crippen LogP contribution in [-0.2, 0) is 11.3 Å². The number of ether oxygens (including phenoxy) is 2. The minimum absolute atomic E-state index is 0.108. The van der Waals surface area contributed by atoms with Crippen LogP contribution in [0.1, 0.15) is 32.8 Å². The van der Waals surface area contributed by atoms with E-state index in [0.29, 0.717) is 18.7 Å². The highest BCUT2D eigenvalue weighted by atomic mass is 16.5.